The Labute approximate surface area is 147 Å². The Hall–Kier alpha value is -1.06. The van der Waals surface area contributed by atoms with E-state index < -0.39 is 0 Å². The zero-order valence-corrected chi connectivity index (χ0v) is 15.0. The minimum atomic E-state index is 0.270. The normalized spacial score (nSPS) is 22.4. The lowest BCUT2D eigenvalue weighted by atomic mass is 9.87. The second-order valence-corrected chi connectivity index (χ2v) is 7.38. The van der Waals surface area contributed by atoms with Gasteiger partial charge in [-0.2, -0.15) is 0 Å². The molecule has 3 heteroatoms. The second-order valence-electron chi connectivity index (χ2n) is 7.38. The highest BCUT2D eigenvalue weighted by molar-refractivity contribution is 5.33. The van der Waals surface area contributed by atoms with Crippen molar-refractivity contribution in [1.29, 1.82) is 0 Å². The molecule has 3 nitrogen and oxygen atoms in total. The molecule has 1 aliphatic heterocycles. The molecule has 1 aliphatic carbocycles. The average molecular weight is 332 g/mol. The lowest BCUT2D eigenvalue weighted by Crippen LogP contribution is -2.26. The van der Waals surface area contributed by atoms with Crippen LogP contribution in [-0.2, 0) is 11.3 Å². The Balaban J connectivity index is 1.39. The van der Waals surface area contributed by atoms with Gasteiger partial charge in [0, 0.05) is 18.7 Å². The highest BCUT2D eigenvalue weighted by atomic mass is 16.5. The number of rotatable bonds is 8. The topological polar surface area (TPSA) is 30.5 Å². The zero-order valence-electron chi connectivity index (χ0n) is 15.0. The quantitative estimate of drug-likeness (QED) is 0.701. The van der Waals surface area contributed by atoms with Crippen molar-refractivity contribution in [2.24, 2.45) is 5.92 Å². The molecule has 1 saturated carbocycles. The van der Waals surface area contributed by atoms with Crippen LogP contribution in [0, 0.1) is 5.92 Å². The van der Waals surface area contributed by atoms with E-state index in [1.165, 1.54) is 56.9 Å². The molecule has 0 amide bonds. The van der Waals surface area contributed by atoms with Crippen LogP contribution < -0.4 is 10.1 Å². The maximum atomic E-state index is 6.06. The number of ether oxygens (including phenoxy) is 2. The van der Waals surface area contributed by atoms with Crippen molar-refractivity contribution in [3.05, 3.63) is 29.8 Å². The molecule has 1 aromatic carbocycles. The van der Waals surface area contributed by atoms with Gasteiger partial charge in [-0.05, 0) is 44.2 Å². The van der Waals surface area contributed by atoms with Crippen molar-refractivity contribution < 1.29 is 9.47 Å². The Morgan fingerprint density at radius 2 is 1.83 bits per heavy atom. The van der Waals surface area contributed by atoms with Gasteiger partial charge in [-0.1, -0.05) is 50.3 Å². The van der Waals surface area contributed by atoms with E-state index in [9.17, 15) is 0 Å². The third kappa shape index (κ3) is 5.78. The molecule has 0 spiro atoms. The van der Waals surface area contributed by atoms with Crippen LogP contribution in [0.5, 0.6) is 5.75 Å². The van der Waals surface area contributed by atoms with Crippen LogP contribution in [0.25, 0.3) is 0 Å². The van der Waals surface area contributed by atoms with Gasteiger partial charge < -0.3 is 14.8 Å². The third-order valence-electron chi connectivity index (χ3n) is 5.44. The number of hydrogen-bond acceptors (Lipinski definition) is 3. The molecule has 0 aromatic heterocycles. The minimum Gasteiger partial charge on any atom is -0.491 e. The fraction of sp³-hybridized carbons (Fsp3) is 0.714. The first-order chi connectivity index (χ1) is 11.9. The van der Waals surface area contributed by atoms with E-state index in [0.717, 1.165) is 37.8 Å². The molecule has 1 heterocycles. The second kappa shape index (κ2) is 10.0. The van der Waals surface area contributed by atoms with Crippen LogP contribution in [0.2, 0.25) is 0 Å². The molecule has 3 rings (SSSR count). The van der Waals surface area contributed by atoms with Crippen LogP contribution in [-0.4, -0.2) is 25.9 Å². The molecule has 1 aromatic rings. The van der Waals surface area contributed by atoms with Gasteiger partial charge in [-0.3, -0.25) is 0 Å². The smallest absolute Gasteiger partial charge is 0.123 e. The van der Waals surface area contributed by atoms with Gasteiger partial charge in [0.25, 0.3) is 0 Å². The van der Waals surface area contributed by atoms with Gasteiger partial charge >= 0.3 is 0 Å². The summed E-state index contributed by atoms with van der Waals surface area (Å²) in [6.07, 6.45) is 12.4. The van der Waals surface area contributed by atoms with Crippen LogP contribution in [0.15, 0.2) is 24.3 Å². The fourth-order valence-corrected chi connectivity index (χ4v) is 3.92. The van der Waals surface area contributed by atoms with Gasteiger partial charge in [0.15, 0.2) is 0 Å². The molecule has 0 bridgehead atoms. The van der Waals surface area contributed by atoms with Crippen molar-refractivity contribution in [2.75, 3.05) is 19.8 Å². The molecule has 1 N–H and O–H groups in total. The Morgan fingerprint density at radius 1 is 1.00 bits per heavy atom. The van der Waals surface area contributed by atoms with Gasteiger partial charge in [-0.25, -0.2) is 0 Å². The van der Waals surface area contributed by atoms with Crippen molar-refractivity contribution >= 4 is 0 Å². The van der Waals surface area contributed by atoms with Crippen LogP contribution >= 0.6 is 0 Å². The predicted molar refractivity (Wildman–Crippen MR) is 98.4 cm³/mol. The van der Waals surface area contributed by atoms with Crippen molar-refractivity contribution in [2.45, 2.75) is 70.4 Å². The Morgan fingerprint density at radius 3 is 2.67 bits per heavy atom. The number of hydrogen-bond donors (Lipinski definition) is 1. The predicted octanol–water partition coefficient (Wildman–Crippen LogP) is 4.69. The highest BCUT2D eigenvalue weighted by Gasteiger charge is 2.15. The summed E-state index contributed by atoms with van der Waals surface area (Å²) in [5.41, 5.74) is 1.26. The van der Waals surface area contributed by atoms with Crippen molar-refractivity contribution in [1.82, 2.24) is 5.32 Å². The SMILES string of the molecule is c1ccc(OCC2CCCCO2)c(CNCCC2CCCCC2)c1. The summed E-state index contributed by atoms with van der Waals surface area (Å²) < 4.78 is 11.8. The molecule has 134 valence electrons. The highest BCUT2D eigenvalue weighted by Crippen LogP contribution is 2.26. The zero-order chi connectivity index (χ0) is 16.5. The molecule has 2 fully saturated rings. The molecule has 1 unspecified atom stereocenters. The van der Waals surface area contributed by atoms with Gasteiger partial charge in [0.2, 0.25) is 0 Å². The Kier molecular flexibility index (Phi) is 7.43. The third-order valence-corrected chi connectivity index (χ3v) is 5.44. The van der Waals surface area contributed by atoms with Gasteiger partial charge in [0.1, 0.15) is 12.4 Å². The summed E-state index contributed by atoms with van der Waals surface area (Å²) in [5, 5.41) is 3.62. The van der Waals surface area contributed by atoms with Gasteiger partial charge in [-0.15, -0.1) is 0 Å². The summed E-state index contributed by atoms with van der Waals surface area (Å²) in [7, 11) is 0. The maximum Gasteiger partial charge on any atom is 0.123 e. The molecule has 24 heavy (non-hydrogen) atoms. The van der Waals surface area contributed by atoms with E-state index >= 15 is 0 Å². The first-order valence-electron chi connectivity index (χ1n) is 9.95. The number of para-hydroxylation sites is 1. The van der Waals surface area contributed by atoms with E-state index in [1.807, 2.05) is 0 Å². The number of nitrogens with one attached hydrogen (secondary N) is 1. The standard InChI is InChI=1S/C21H33NO2/c1-2-8-18(9-3-1)13-14-22-16-19-10-4-5-12-21(19)24-17-20-11-6-7-15-23-20/h4-5,10,12,18,20,22H,1-3,6-9,11,13-17H2. The van der Waals surface area contributed by atoms with Crippen molar-refractivity contribution in [3.8, 4) is 5.75 Å². The van der Waals surface area contributed by atoms with E-state index in [2.05, 4.69) is 29.6 Å². The summed E-state index contributed by atoms with van der Waals surface area (Å²) in [6, 6.07) is 8.41. The Bertz CT molecular complexity index is 465. The average Bonchev–Trinajstić information content (AvgIpc) is 2.66. The first kappa shape index (κ1) is 17.8. The molecule has 2 aliphatic rings. The van der Waals surface area contributed by atoms with E-state index in [-0.39, 0.29) is 6.10 Å². The summed E-state index contributed by atoms with van der Waals surface area (Å²) in [5.74, 6) is 1.96. The molecular weight excluding hydrogens is 298 g/mol. The van der Waals surface area contributed by atoms with Crippen LogP contribution in [0.1, 0.15) is 63.4 Å². The van der Waals surface area contributed by atoms with E-state index in [0.29, 0.717) is 6.61 Å². The summed E-state index contributed by atoms with van der Waals surface area (Å²) >= 11 is 0. The van der Waals surface area contributed by atoms with Crippen molar-refractivity contribution in [3.63, 3.8) is 0 Å². The van der Waals surface area contributed by atoms with E-state index in [4.69, 9.17) is 9.47 Å². The first-order valence-corrected chi connectivity index (χ1v) is 9.95. The van der Waals surface area contributed by atoms with E-state index in [1.54, 1.807) is 0 Å². The largest absolute Gasteiger partial charge is 0.491 e. The lowest BCUT2D eigenvalue weighted by Gasteiger charge is -2.23. The molecular formula is C21H33NO2. The molecule has 0 radical (unpaired) electrons. The summed E-state index contributed by atoms with van der Waals surface area (Å²) in [4.78, 5) is 0. The number of benzene rings is 1. The monoisotopic (exact) mass is 331 g/mol. The lowest BCUT2D eigenvalue weighted by molar-refractivity contribution is -0.0112. The van der Waals surface area contributed by atoms with Crippen LogP contribution in [0.4, 0.5) is 0 Å². The summed E-state index contributed by atoms with van der Waals surface area (Å²) in [6.45, 7) is 3.58. The van der Waals surface area contributed by atoms with Gasteiger partial charge in [0.05, 0.1) is 6.10 Å². The molecule has 1 saturated heterocycles. The molecule has 1 atom stereocenters. The maximum absolute atomic E-state index is 6.06. The minimum absolute atomic E-state index is 0.270. The van der Waals surface area contributed by atoms with Crippen LogP contribution in [0.3, 0.4) is 0 Å². The fourth-order valence-electron chi connectivity index (χ4n) is 3.92.